The van der Waals surface area contributed by atoms with Crippen molar-refractivity contribution in [3.05, 3.63) is 71.1 Å². The maximum Gasteiger partial charge on any atom is 0.266 e. The van der Waals surface area contributed by atoms with E-state index >= 15 is 0 Å². The van der Waals surface area contributed by atoms with Gasteiger partial charge < -0.3 is 10.6 Å². The van der Waals surface area contributed by atoms with Crippen molar-refractivity contribution >= 4 is 33.1 Å². The summed E-state index contributed by atoms with van der Waals surface area (Å²) in [5, 5.41) is 0.882. The Bertz CT molecular complexity index is 1270. The van der Waals surface area contributed by atoms with E-state index in [0.717, 1.165) is 58.5 Å². The van der Waals surface area contributed by atoms with E-state index in [2.05, 4.69) is 56.3 Å². The molecule has 4 nitrogen and oxygen atoms in total. The lowest BCUT2D eigenvalue weighted by Gasteiger charge is -2.30. The van der Waals surface area contributed by atoms with Crippen molar-refractivity contribution in [2.45, 2.75) is 26.7 Å². The minimum Gasteiger partial charge on any atom is -0.397 e. The molecular formula is C27H27N3OS. The second kappa shape index (κ2) is 8.40. The third kappa shape index (κ3) is 3.78. The number of pyridine rings is 1. The van der Waals surface area contributed by atoms with Crippen LogP contribution in [0.25, 0.3) is 32.6 Å². The highest BCUT2D eigenvalue weighted by atomic mass is 32.1. The highest BCUT2D eigenvalue weighted by molar-refractivity contribution is 7.21. The number of aryl methyl sites for hydroxylation is 1. The Morgan fingerprint density at radius 2 is 1.72 bits per heavy atom. The second-order valence-corrected chi connectivity index (χ2v) is 9.79. The van der Waals surface area contributed by atoms with Crippen LogP contribution in [0.4, 0.5) is 5.69 Å². The summed E-state index contributed by atoms with van der Waals surface area (Å²) in [6.07, 6.45) is 2.09. The van der Waals surface area contributed by atoms with Crippen LogP contribution in [0.3, 0.4) is 0 Å². The molecule has 5 heteroatoms. The molecule has 1 fully saturated rings. The average molecular weight is 442 g/mol. The Morgan fingerprint density at radius 1 is 1.03 bits per heavy atom. The van der Waals surface area contributed by atoms with E-state index < -0.39 is 0 Å². The summed E-state index contributed by atoms with van der Waals surface area (Å²) in [6, 6.07) is 20.7. The molecule has 0 bridgehead atoms. The molecule has 32 heavy (non-hydrogen) atoms. The predicted molar refractivity (Wildman–Crippen MR) is 134 cm³/mol. The number of benzene rings is 2. The Hall–Kier alpha value is -3.18. The number of anilines is 1. The minimum atomic E-state index is 0.0357. The SMILES string of the molecule is Cc1ccc(-c2cc(-c3ccccc3)nc3sc(C(=O)N4CCC(C)CC4)c(N)c23)cc1. The smallest absolute Gasteiger partial charge is 0.266 e. The quantitative estimate of drug-likeness (QED) is 0.400. The molecule has 1 aliphatic heterocycles. The largest absolute Gasteiger partial charge is 0.397 e. The monoisotopic (exact) mass is 441 g/mol. The van der Waals surface area contributed by atoms with Gasteiger partial charge in [0.1, 0.15) is 9.71 Å². The first-order chi connectivity index (χ1) is 15.5. The standard InChI is InChI=1S/C27H27N3OS/c1-17-8-10-19(11-9-17)21-16-22(20-6-4-3-5-7-20)29-26-23(21)24(28)25(32-26)27(31)30-14-12-18(2)13-15-30/h3-11,16,18H,12-15,28H2,1-2H3. The van der Waals surface area contributed by atoms with Gasteiger partial charge >= 0.3 is 0 Å². The maximum atomic E-state index is 13.4. The van der Waals surface area contributed by atoms with Crippen LogP contribution >= 0.6 is 11.3 Å². The van der Waals surface area contributed by atoms with Crippen molar-refractivity contribution in [1.82, 2.24) is 9.88 Å². The van der Waals surface area contributed by atoms with Crippen LogP contribution in [0.5, 0.6) is 0 Å². The van der Waals surface area contributed by atoms with Crippen molar-refractivity contribution < 1.29 is 4.79 Å². The molecule has 0 atom stereocenters. The van der Waals surface area contributed by atoms with Crippen LogP contribution in [-0.4, -0.2) is 28.9 Å². The Kier molecular flexibility index (Phi) is 5.43. The zero-order valence-corrected chi connectivity index (χ0v) is 19.3. The number of carbonyl (C=O) groups is 1. The maximum absolute atomic E-state index is 13.4. The number of hydrogen-bond donors (Lipinski definition) is 1. The number of rotatable bonds is 3. The van der Waals surface area contributed by atoms with Gasteiger partial charge in [0.25, 0.3) is 5.91 Å². The molecule has 1 aliphatic rings. The van der Waals surface area contributed by atoms with E-state index in [1.54, 1.807) is 0 Å². The van der Waals surface area contributed by atoms with E-state index in [4.69, 9.17) is 10.7 Å². The zero-order chi connectivity index (χ0) is 22.2. The van der Waals surface area contributed by atoms with Crippen molar-refractivity contribution in [3.63, 3.8) is 0 Å². The number of thiophene rings is 1. The molecule has 3 heterocycles. The molecule has 1 saturated heterocycles. The Labute approximate surface area is 192 Å². The van der Waals surface area contributed by atoms with Gasteiger partial charge in [0.15, 0.2) is 0 Å². The van der Waals surface area contributed by atoms with E-state index in [0.29, 0.717) is 16.5 Å². The molecule has 2 aromatic heterocycles. The molecule has 5 rings (SSSR count). The van der Waals surface area contributed by atoms with E-state index in [9.17, 15) is 4.79 Å². The highest BCUT2D eigenvalue weighted by Gasteiger charge is 2.27. The molecule has 0 saturated carbocycles. The summed E-state index contributed by atoms with van der Waals surface area (Å²) in [6.45, 7) is 5.91. The third-order valence-corrected chi connectivity index (χ3v) is 7.48. The van der Waals surface area contributed by atoms with Gasteiger partial charge in [0.2, 0.25) is 0 Å². The molecule has 2 aromatic carbocycles. The Balaban J connectivity index is 1.67. The zero-order valence-electron chi connectivity index (χ0n) is 18.5. The molecule has 0 radical (unpaired) electrons. The van der Waals surface area contributed by atoms with Crippen molar-refractivity contribution in [3.8, 4) is 22.4 Å². The lowest BCUT2D eigenvalue weighted by molar-refractivity contribution is 0.0703. The second-order valence-electron chi connectivity index (χ2n) is 8.79. The number of likely N-dealkylation sites (tertiary alicyclic amines) is 1. The highest BCUT2D eigenvalue weighted by Crippen LogP contribution is 2.42. The van der Waals surface area contributed by atoms with Crippen molar-refractivity contribution in [1.29, 1.82) is 0 Å². The van der Waals surface area contributed by atoms with Crippen LogP contribution in [0.2, 0.25) is 0 Å². The number of nitrogens with two attached hydrogens (primary N) is 1. The van der Waals surface area contributed by atoms with Crippen LogP contribution in [0.1, 0.15) is 35.0 Å². The molecular weight excluding hydrogens is 414 g/mol. The first-order valence-corrected chi connectivity index (χ1v) is 12.0. The predicted octanol–water partition coefficient (Wildman–Crippen LogP) is 6.39. The molecule has 2 N–H and O–H groups in total. The number of aromatic nitrogens is 1. The molecule has 162 valence electrons. The number of nitrogens with zero attached hydrogens (tertiary/aromatic N) is 2. The summed E-state index contributed by atoms with van der Waals surface area (Å²) >= 11 is 1.42. The fourth-order valence-corrected chi connectivity index (χ4v) is 5.44. The van der Waals surface area contributed by atoms with Gasteiger partial charge in [0, 0.05) is 24.0 Å². The number of piperidine rings is 1. The summed E-state index contributed by atoms with van der Waals surface area (Å²) in [4.78, 5) is 21.7. The fourth-order valence-electron chi connectivity index (χ4n) is 4.35. The Morgan fingerprint density at radius 3 is 2.41 bits per heavy atom. The number of amides is 1. The molecule has 4 aromatic rings. The van der Waals surface area contributed by atoms with Crippen LogP contribution in [0.15, 0.2) is 60.7 Å². The summed E-state index contributed by atoms with van der Waals surface area (Å²) in [7, 11) is 0. The molecule has 0 unspecified atom stereocenters. The summed E-state index contributed by atoms with van der Waals surface area (Å²) < 4.78 is 0. The number of hydrogen-bond acceptors (Lipinski definition) is 4. The van der Waals surface area contributed by atoms with Gasteiger partial charge in [-0.3, -0.25) is 4.79 Å². The van der Waals surface area contributed by atoms with Crippen molar-refractivity contribution in [2.24, 2.45) is 5.92 Å². The van der Waals surface area contributed by atoms with Crippen LogP contribution in [-0.2, 0) is 0 Å². The van der Waals surface area contributed by atoms with Gasteiger partial charge in [-0.15, -0.1) is 11.3 Å². The van der Waals surface area contributed by atoms with Gasteiger partial charge in [0.05, 0.1) is 11.4 Å². The summed E-state index contributed by atoms with van der Waals surface area (Å²) in [5.41, 5.74) is 12.4. The average Bonchev–Trinajstić information content (AvgIpc) is 3.16. The van der Waals surface area contributed by atoms with Gasteiger partial charge in [-0.25, -0.2) is 4.98 Å². The van der Waals surface area contributed by atoms with E-state index in [1.165, 1.54) is 16.9 Å². The van der Waals surface area contributed by atoms with Crippen LogP contribution in [0, 0.1) is 12.8 Å². The molecule has 0 aliphatic carbocycles. The molecule has 1 amide bonds. The minimum absolute atomic E-state index is 0.0357. The lowest BCUT2D eigenvalue weighted by Crippen LogP contribution is -2.37. The van der Waals surface area contributed by atoms with E-state index in [-0.39, 0.29) is 5.91 Å². The first-order valence-electron chi connectivity index (χ1n) is 11.2. The van der Waals surface area contributed by atoms with Crippen LogP contribution < -0.4 is 5.73 Å². The third-order valence-electron chi connectivity index (χ3n) is 6.40. The number of fused-ring (bicyclic) bond motifs is 1. The van der Waals surface area contributed by atoms with Gasteiger partial charge in [-0.05, 0) is 42.9 Å². The lowest BCUT2D eigenvalue weighted by atomic mass is 9.98. The fraction of sp³-hybridized carbons (Fsp3) is 0.259. The van der Waals surface area contributed by atoms with Crippen molar-refractivity contribution in [2.75, 3.05) is 18.8 Å². The van der Waals surface area contributed by atoms with Gasteiger partial charge in [-0.2, -0.15) is 0 Å². The van der Waals surface area contributed by atoms with Gasteiger partial charge in [-0.1, -0.05) is 67.1 Å². The number of nitrogen functional groups attached to an aromatic ring is 1. The normalized spacial score (nSPS) is 14.8. The molecule has 0 spiro atoms. The first kappa shape index (κ1) is 20.7. The summed E-state index contributed by atoms with van der Waals surface area (Å²) in [5.74, 6) is 0.704. The topological polar surface area (TPSA) is 59.2 Å². The van der Waals surface area contributed by atoms with E-state index in [1.807, 2.05) is 23.1 Å². The number of carbonyl (C=O) groups excluding carboxylic acids is 1.